The van der Waals surface area contributed by atoms with Crippen molar-refractivity contribution in [2.24, 2.45) is 11.8 Å². The molecule has 0 N–H and O–H groups in total. The number of benzene rings is 2. The molecule has 2 aliphatic rings. The summed E-state index contributed by atoms with van der Waals surface area (Å²) in [4.78, 5) is 0. The molecular weight excluding hydrogens is 498 g/mol. The van der Waals surface area contributed by atoms with Crippen molar-refractivity contribution in [1.29, 1.82) is 0 Å². The van der Waals surface area contributed by atoms with Crippen LogP contribution in [0.25, 0.3) is 11.1 Å². The van der Waals surface area contributed by atoms with Crippen LogP contribution in [-0.2, 0) is 0 Å². The Kier molecular flexibility index (Phi) is 9.64. The fraction of sp³-hybridized carbons (Fsp3) is 0.562. The lowest BCUT2D eigenvalue weighted by Crippen LogP contribution is -2.16. The number of hydrogen-bond donors (Lipinski definition) is 0. The van der Waals surface area contributed by atoms with Crippen LogP contribution in [0.4, 0.5) is 26.3 Å². The van der Waals surface area contributed by atoms with Crippen LogP contribution in [0.15, 0.2) is 48.3 Å². The van der Waals surface area contributed by atoms with Crippen molar-refractivity contribution >= 4 is 0 Å². The number of allylic oxidation sites excluding steroid dienone is 2. The summed E-state index contributed by atoms with van der Waals surface area (Å²) in [7, 11) is 0. The molecule has 0 amide bonds. The van der Waals surface area contributed by atoms with Gasteiger partial charge in [0.15, 0.2) is 0 Å². The summed E-state index contributed by atoms with van der Waals surface area (Å²) in [5.74, 6) is -1.78. The van der Waals surface area contributed by atoms with Gasteiger partial charge in [-0.2, -0.15) is 13.2 Å². The Bertz CT molecular complexity index is 1090. The zero-order valence-electron chi connectivity index (χ0n) is 22.1. The van der Waals surface area contributed by atoms with E-state index in [-0.39, 0.29) is 30.7 Å². The van der Waals surface area contributed by atoms with Gasteiger partial charge in [0.2, 0.25) is 0 Å². The van der Waals surface area contributed by atoms with E-state index in [1.165, 1.54) is 44.6 Å². The van der Waals surface area contributed by atoms with Crippen LogP contribution in [0, 0.1) is 23.5 Å². The van der Waals surface area contributed by atoms with Crippen LogP contribution in [0.2, 0.25) is 0 Å². The topological polar surface area (TPSA) is 0 Å². The highest BCUT2D eigenvalue weighted by Gasteiger charge is 2.31. The number of halogens is 6. The van der Waals surface area contributed by atoms with Gasteiger partial charge < -0.3 is 0 Å². The fourth-order valence-electron chi connectivity index (χ4n) is 6.47. The van der Waals surface area contributed by atoms with Crippen molar-refractivity contribution in [3.05, 3.63) is 71.1 Å². The quantitative estimate of drug-likeness (QED) is 0.232. The Labute approximate surface area is 222 Å². The lowest BCUT2D eigenvalue weighted by atomic mass is 9.76. The number of alkyl halides is 3. The SMILES string of the molecule is CCCCCC1CCC(c2ccc(-c3ccc(C4CCC(/C(F)=C/C(F)(F)F)CC4)c(F)c3)c(F)c2)CC1. The molecule has 2 fully saturated rings. The maximum atomic E-state index is 15.2. The molecule has 208 valence electrons. The van der Waals surface area contributed by atoms with Crippen molar-refractivity contribution in [2.75, 3.05) is 0 Å². The molecule has 0 heterocycles. The normalized spacial score (nSPS) is 25.0. The molecule has 6 heteroatoms. The number of hydrogen-bond acceptors (Lipinski definition) is 0. The molecule has 0 saturated heterocycles. The van der Waals surface area contributed by atoms with Gasteiger partial charge in [-0.15, -0.1) is 0 Å². The molecule has 2 saturated carbocycles. The summed E-state index contributed by atoms with van der Waals surface area (Å²) in [6, 6.07) is 10.0. The van der Waals surface area contributed by atoms with Crippen molar-refractivity contribution in [3.8, 4) is 11.1 Å². The van der Waals surface area contributed by atoms with Gasteiger partial charge in [-0.05, 0) is 97.9 Å². The van der Waals surface area contributed by atoms with E-state index in [1.54, 1.807) is 24.3 Å². The van der Waals surface area contributed by atoms with Crippen molar-refractivity contribution in [3.63, 3.8) is 0 Å². The average molecular weight is 537 g/mol. The summed E-state index contributed by atoms with van der Waals surface area (Å²) in [5.41, 5.74) is 2.29. The van der Waals surface area contributed by atoms with Crippen molar-refractivity contribution in [1.82, 2.24) is 0 Å². The smallest absolute Gasteiger partial charge is 0.212 e. The first-order valence-electron chi connectivity index (χ1n) is 14.2. The van der Waals surface area contributed by atoms with E-state index in [2.05, 4.69) is 6.92 Å². The first kappa shape index (κ1) is 28.8. The van der Waals surface area contributed by atoms with Gasteiger partial charge in [-0.3, -0.25) is 0 Å². The highest BCUT2D eigenvalue weighted by molar-refractivity contribution is 5.65. The maximum Gasteiger partial charge on any atom is 0.412 e. The maximum absolute atomic E-state index is 15.2. The van der Waals surface area contributed by atoms with Gasteiger partial charge in [0, 0.05) is 11.5 Å². The highest BCUT2D eigenvalue weighted by atomic mass is 19.4. The second kappa shape index (κ2) is 12.7. The third kappa shape index (κ3) is 7.45. The first-order chi connectivity index (χ1) is 18.1. The Balaban J connectivity index is 1.37. The molecular formula is C32H38F6. The highest BCUT2D eigenvalue weighted by Crippen LogP contribution is 2.42. The number of rotatable bonds is 8. The fourth-order valence-corrected chi connectivity index (χ4v) is 6.47. The van der Waals surface area contributed by atoms with Gasteiger partial charge in [0.25, 0.3) is 0 Å². The van der Waals surface area contributed by atoms with Crippen LogP contribution in [0.5, 0.6) is 0 Å². The van der Waals surface area contributed by atoms with Crippen molar-refractivity contribution in [2.45, 2.75) is 102 Å². The predicted molar refractivity (Wildman–Crippen MR) is 141 cm³/mol. The van der Waals surface area contributed by atoms with Crippen LogP contribution < -0.4 is 0 Å². The third-order valence-corrected chi connectivity index (χ3v) is 8.70. The van der Waals surface area contributed by atoms with E-state index in [4.69, 9.17) is 0 Å². The Morgan fingerprint density at radius 3 is 2.11 bits per heavy atom. The largest absolute Gasteiger partial charge is 0.412 e. The lowest BCUT2D eigenvalue weighted by molar-refractivity contribution is -0.0820. The molecule has 0 aliphatic heterocycles. The summed E-state index contributed by atoms with van der Waals surface area (Å²) in [5, 5.41) is 0. The molecule has 0 nitrogen and oxygen atoms in total. The molecule has 0 aromatic heterocycles. The molecule has 0 radical (unpaired) electrons. The van der Waals surface area contributed by atoms with Crippen LogP contribution in [-0.4, -0.2) is 6.18 Å². The van der Waals surface area contributed by atoms with E-state index in [0.717, 1.165) is 24.3 Å². The minimum Gasteiger partial charge on any atom is -0.212 e. The minimum absolute atomic E-state index is 0.191. The second-order valence-corrected chi connectivity index (χ2v) is 11.3. The van der Waals surface area contributed by atoms with Crippen LogP contribution >= 0.6 is 0 Å². The molecule has 4 rings (SSSR count). The monoisotopic (exact) mass is 536 g/mol. The second-order valence-electron chi connectivity index (χ2n) is 11.3. The first-order valence-corrected chi connectivity index (χ1v) is 14.2. The standard InChI is InChI=1S/C32H38F6/c1-2-3-4-5-21-6-8-22(9-7-21)25-14-16-28(29(33)18-25)26-15-17-27(30(34)19-26)23-10-12-24(13-11-23)31(35)20-32(36,37)38/h14-24H,2-13H2,1H3/b31-20-. The van der Waals surface area contributed by atoms with E-state index in [0.29, 0.717) is 35.4 Å². The molecule has 0 bridgehead atoms. The van der Waals surface area contributed by atoms with Crippen LogP contribution in [0.1, 0.15) is 107 Å². The Morgan fingerprint density at radius 1 is 0.816 bits per heavy atom. The zero-order chi connectivity index (χ0) is 27.3. The molecule has 2 aromatic carbocycles. The van der Waals surface area contributed by atoms with Crippen molar-refractivity contribution < 1.29 is 26.3 Å². The van der Waals surface area contributed by atoms with Gasteiger partial charge in [-0.25, -0.2) is 13.2 Å². The Morgan fingerprint density at radius 2 is 1.50 bits per heavy atom. The van der Waals surface area contributed by atoms with Gasteiger partial charge in [-0.1, -0.05) is 56.9 Å². The third-order valence-electron chi connectivity index (χ3n) is 8.70. The van der Waals surface area contributed by atoms with E-state index < -0.39 is 23.7 Å². The number of unbranched alkanes of at least 4 members (excludes halogenated alkanes) is 2. The molecule has 0 unspecified atom stereocenters. The van der Waals surface area contributed by atoms with E-state index in [9.17, 15) is 17.6 Å². The molecule has 0 atom stereocenters. The van der Waals surface area contributed by atoms with Gasteiger partial charge >= 0.3 is 6.18 Å². The minimum atomic E-state index is -4.68. The molecule has 38 heavy (non-hydrogen) atoms. The summed E-state index contributed by atoms with van der Waals surface area (Å²) < 4.78 is 81.5. The predicted octanol–water partition coefficient (Wildman–Crippen LogP) is 11.2. The van der Waals surface area contributed by atoms with E-state index in [1.807, 2.05) is 6.07 Å². The lowest BCUT2D eigenvalue weighted by Gasteiger charge is -2.29. The molecule has 0 spiro atoms. The zero-order valence-corrected chi connectivity index (χ0v) is 22.1. The van der Waals surface area contributed by atoms with Gasteiger partial charge in [0.1, 0.15) is 17.5 Å². The average Bonchev–Trinajstić information content (AvgIpc) is 2.88. The molecule has 2 aliphatic carbocycles. The Hall–Kier alpha value is -2.24. The van der Waals surface area contributed by atoms with Gasteiger partial charge in [0.05, 0.1) is 6.08 Å². The van der Waals surface area contributed by atoms with E-state index >= 15 is 8.78 Å². The summed E-state index contributed by atoms with van der Waals surface area (Å²) >= 11 is 0. The van der Waals surface area contributed by atoms with Crippen LogP contribution in [0.3, 0.4) is 0 Å². The molecule has 2 aromatic rings. The summed E-state index contributed by atoms with van der Waals surface area (Å²) in [6.07, 6.45) is 6.00. The summed E-state index contributed by atoms with van der Waals surface area (Å²) in [6.45, 7) is 2.22.